The van der Waals surface area contributed by atoms with E-state index in [-0.39, 0.29) is 10.7 Å². The molecule has 1 heterocycles. The van der Waals surface area contributed by atoms with Gasteiger partial charge in [0.15, 0.2) is 0 Å². The largest absolute Gasteiger partial charge is 0.478 e. The first kappa shape index (κ1) is 10.7. The lowest BCUT2D eigenvalue weighted by molar-refractivity contribution is 0.0697. The standard InChI is InChI=1S/C9H8N2O4S/c1-16(14,15)9-10-6-3-2-5(8(12)13)4-7(6)11-9/h2-4H,1H2,(H,10,11)(H,12,13)(H,14,15). The molecule has 3 N–H and O–H groups in total. The van der Waals surface area contributed by atoms with Gasteiger partial charge in [0, 0.05) is 0 Å². The number of benzene rings is 1. The van der Waals surface area contributed by atoms with Gasteiger partial charge in [-0.1, -0.05) is 0 Å². The van der Waals surface area contributed by atoms with Crippen molar-refractivity contribution in [2.45, 2.75) is 5.16 Å². The van der Waals surface area contributed by atoms with Crippen molar-refractivity contribution in [3.05, 3.63) is 23.8 Å². The second-order valence-electron chi connectivity index (χ2n) is 3.22. The van der Waals surface area contributed by atoms with E-state index in [1.807, 2.05) is 0 Å². The average Bonchev–Trinajstić information content (AvgIpc) is 2.58. The van der Waals surface area contributed by atoms with Crippen LogP contribution in [0.3, 0.4) is 0 Å². The molecule has 0 saturated heterocycles. The van der Waals surface area contributed by atoms with Crippen LogP contribution in [-0.2, 0) is 9.80 Å². The number of hydrogen-bond donors (Lipinski definition) is 3. The van der Waals surface area contributed by atoms with E-state index in [0.717, 1.165) is 0 Å². The Balaban J connectivity index is 2.68. The summed E-state index contributed by atoms with van der Waals surface area (Å²) in [4.78, 5) is 17.1. The van der Waals surface area contributed by atoms with E-state index in [1.165, 1.54) is 18.2 Å². The number of hydrogen-bond acceptors (Lipinski definition) is 3. The number of carbonyl (C=O) groups is 1. The Hall–Kier alpha value is -1.86. The Labute approximate surface area is 90.8 Å². The van der Waals surface area contributed by atoms with Crippen LogP contribution in [0.25, 0.3) is 11.0 Å². The van der Waals surface area contributed by atoms with Gasteiger partial charge in [0.2, 0.25) is 5.16 Å². The number of nitrogens with zero attached hydrogens (tertiary/aromatic N) is 1. The molecule has 0 aliphatic heterocycles. The quantitative estimate of drug-likeness (QED) is 0.674. The second kappa shape index (κ2) is 3.32. The van der Waals surface area contributed by atoms with E-state index >= 15 is 0 Å². The summed E-state index contributed by atoms with van der Waals surface area (Å²) >= 11 is 0. The first-order valence-corrected chi connectivity index (χ1v) is 5.89. The van der Waals surface area contributed by atoms with Crippen LogP contribution in [0.15, 0.2) is 23.4 Å². The van der Waals surface area contributed by atoms with Crippen molar-refractivity contribution in [1.29, 1.82) is 0 Å². The molecule has 0 radical (unpaired) electrons. The van der Waals surface area contributed by atoms with Gasteiger partial charge in [-0.3, -0.25) is 0 Å². The van der Waals surface area contributed by atoms with Crippen LogP contribution in [0, 0.1) is 0 Å². The molecule has 1 atom stereocenters. The Morgan fingerprint density at radius 2 is 2.19 bits per heavy atom. The molecule has 7 heteroatoms. The van der Waals surface area contributed by atoms with Crippen LogP contribution >= 0.6 is 0 Å². The number of rotatable bonds is 2. The fraction of sp³-hybridized carbons (Fsp3) is 0. The maximum absolute atomic E-state index is 11.2. The van der Waals surface area contributed by atoms with Crippen LogP contribution in [0.5, 0.6) is 0 Å². The minimum Gasteiger partial charge on any atom is -0.478 e. The molecule has 1 unspecified atom stereocenters. The number of H-pyrrole nitrogens is 1. The fourth-order valence-corrected chi connectivity index (χ4v) is 1.78. The van der Waals surface area contributed by atoms with E-state index in [0.29, 0.717) is 11.0 Å². The molecule has 1 aromatic carbocycles. The summed E-state index contributed by atoms with van der Waals surface area (Å²) in [5.41, 5.74) is 0.891. The van der Waals surface area contributed by atoms with Crippen LogP contribution in [0.4, 0.5) is 0 Å². The van der Waals surface area contributed by atoms with Crippen LogP contribution < -0.4 is 0 Å². The average molecular weight is 240 g/mol. The highest BCUT2D eigenvalue weighted by atomic mass is 32.2. The van der Waals surface area contributed by atoms with Crippen molar-refractivity contribution in [2.75, 3.05) is 0 Å². The number of carboxylic acids is 1. The predicted octanol–water partition coefficient (Wildman–Crippen LogP) is 0.809. The molecular weight excluding hydrogens is 232 g/mol. The van der Waals surface area contributed by atoms with Gasteiger partial charge >= 0.3 is 5.97 Å². The summed E-state index contributed by atoms with van der Waals surface area (Å²) in [5.74, 6) is 1.99. The van der Waals surface area contributed by atoms with Gasteiger partial charge in [-0.05, 0) is 24.1 Å². The highest BCUT2D eigenvalue weighted by Gasteiger charge is 2.11. The summed E-state index contributed by atoms with van der Waals surface area (Å²) in [6.07, 6.45) is 0. The van der Waals surface area contributed by atoms with Crippen molar-refractivity contribution in [2.24, 2.45) is 0 Å². The third kappa shape index (κ3) is 1.77. The predicted molar refractivity (Wildman–Crippen MR) is 59.2 cm³/mol. The number of aromatic carboxylic acids is 1. The van der Waals surface area contributed by atoms with Gasteiger partial charge in [0.25, 0.3) is 0 Å². The fourth-order valence-electron chi connectivity index (χ4n) is 1.27. The first-order valence-electron chi connectivity index (χ1n) is 4.21. The molecule has 0 aliphatic carbocycles. The molecule has 6 nitrogen and oxygen atoms in total. The van der Waals surface area contributed by atoms with E-state index in [4.69, 9.17) is 5.11 Å². The second-order valence-corrected chi connectivity index (χ2v) is 4.89. The molecule has 0 amide bonds. The van der Waals surface area contributed by atoms with Crippen molar-refractivity contribution >= 4 is 32.7 Å². The lowest BCUT2D eigenvalue weighted by atomic mass is 10.2. The molecule has 2 rings (SSSR count). The highest BCUT2D eigenvalue weighted by Crippen LogP contribution is 2.16. The zero-order valence-electron chi connectivity index (χ0n) is 8.01. The number of imidazole rings is 1. The van der Waals surface area contributed by atoms with Gasteiger partial charge in [0.05, 0.1) is 16.6 Å². The smallest absolute Gasteiger partial charge is 0.335 e. The van der Waals surface area contributed by atoms with Crippen molar-refractivity contribution in [3.8, 4) is 0 Å². The molecule has 84 valence electrons. The summed E-state index contributed by atoms with van der Waals surface area (Å²) in [5, 5.41) is 8.60. The third-order valence-electron chi connectivity index (χ3n) is 2.01. The number of fused-ring (bicyclic) bond motifs is 1. The van der Waals surface area contributed by atoms with Crippen LogP contribution in [0.2, 0.25) is 0 Å². The lowest BCUT2D eigenvalue weighted by Crippen LogP contribution is -1.99. The first-order chi connectivity index (χ1) is 7.38. The molecule has 1 aromatic heterocycles. The Morgan fingerprint density at radius 1 is 1.50 bits per heavy atom. The minimum atomic E-state index is -3.41. The molecule has 2 aromatic rings. The van der Waals surface area contributed by atoms with Gasteiger partial charge in [-0.25, -0.2) is 14.0 Å². The summed E-state index contributed by atoms with van der Waals surface area (Å²) in [6, 6.07) is 4.18. The number of aromatic amines is 1. The minimum absolute atomic E-state index is 0.0798. The van der Waals surface area contributed by atoms with Gasteiger partial charge < -0.3 is 14.6 Å². The Morgan fingerprint density at radius 3 is 2.75 bits per heavy atom. The zero-order chi connectivity index (χ0) is 11.9. The summed E-state index contributed by atoms with van der Waals surface area (Å²) in [6.45, 7) is 0. The highest BCUT2D eigenvalue weighted by molar-refractivity contribution is 7.94. The lowest BCUT2D eigenvalue weighted by Gasteiger charge is -1.93. The number of aromatic nitrogens is 2. The molecule has 0 aliphatic rings. The van der Waals surface area contributed by atoms with Crippen LogP contribution in [-0.4, -0.2) is 35.7 Å². The molecule has 0 fully saturated rings. The number of nitrogens with one attached hydrogen (secondary N) is 1. The normalized spacial score (nSPS) is 14.8. The molecule has 0 bridgehead atoms. The SMILES string of the molecule is C=S(=O)(O)c1nc2ccc(C(=O)O)cc2[nH]1. The molecule has 16 heavy (non-hydrogen) atoms. The monoisotopic (exact) mass is 240 g/mol. The van der Waals surface area contributed by atoms with Crippen LogP contribution in [0.1, 0.15) is 10.4 Å². The van der Waals surface area contributed by atoms with Crippen molar-refractivity contribution < 1.29 is 18.7 Å². The van der Waals surface area contributed by atoms with Gasteiger partial charge in [0.1, 0.15) is 9.80 Å². The zero-order valence-corrected chi connectivity index (χ0v) is 8.82. The maximum Gasteiger partial charge on any atom is 0.335 e. The summed E-state index contributed by atoms with van der Waals surface area (Å²) < 4.78 is 20.4. The van der Waals surface area contributed by atoms with Crippen molar-refractivity contribution in [1.82, 2.24) is 9.97 Å². The van der Waals surface area contributed by atoms with E-state index in [1.54, 1.807) is 0 Å². The van der Waals surface area contributed by atoms with Gasteiger partial charge in [-0.2, -0.15) is 0 Å². The Bertz CT molecular complexity index is 672. The van der Waals surface area contributed by atoms with E-state index in [9.17, 15) is 13.6 Å². The molecule has 0 spiro atoms. The summed E-state index contributed by atoms with van der Waals surface area (Å²) in [7, 11) is -3.41. The topological polar surface area (TPSA) is 103 Å². The van der Waals surface area contributed by atoms with Crippen molar-refractivity contribution in [3.63, 3.8) is 0 Å². The number of carboxylic acid groups (broad SMARTS) is 1. The van der Waals surface area contributed by atoms with E-state index in [2.05, 4.69) is 15.8 Å². The molecular formula is C9H8N2O4S. The third-order valence-corrected chi connectivity index (χ3v) is 2.81. The maximum atomic E-state index is 11.2. The van der Waals surface area contributed by atoms with E-state index < -0.39 is 15.8 Å². The van der Waals surface area contributed by atoms with Gasteiger partial charge in [-0.15, -0.1) is 0 Å². The Kier molecular flexibility index (Phi) is 2.21. The molecule has 0 saturated carbocycles.